The Hall–Kier alpha value is -3.01. The average Bonchev–Trinajstić information content (AvgIpc) is 2.62. The highest BCUT2D eigenvalue weighted by atomic mass is 16.5. The molecule has 4 nitrogen and oxygen atoms in total. The Labute approximate surface area is 134 Å². The number of hydrogen-bond donors (Lipinski definition) is 0. The van der Waals surface area contributed by atoms with E-state index in [1.807, 2.05) is 60.8 Å². The van der Waals surface area contributed by atoms with Crippen molar-refractivity contribution in [3.63, 3.8) is 0 Å². The molecule has 0 saturated heterocycles. The van der Waals surface area contributed by atoms with E-state index in [1.165, 1.54) is 0 Å². The Bertz CT molecular complexity index is 849. The summed E-state index contributed by atoms with van der Waals surface area (Å²) in [6.45, 7) is 0. The normalized spacial score (nSPS) is 10.3. The zero-order chi connectivity index (χ0) is 16.2. The maximum Gasteiger partial charge on any atom is 0.255 e. The predicted octanol–water partition coefficient (Wildman–Crippen LogP) is 3.52. The van der Waals surface area contributed by atoms with Crippen molar-refractivity contribution in [3.05, 3.63) is 77.2 Å². The molecule has 3 aromatic rings. The van der Waals surface area contributed by atoms with E-state index in [0.29, 0.717) is 0 Å². The summed E-state index contributed by atoms with van der Waals surface area (Å²) in [5.74, 6) is 1.56. The number of aromatic nitrogens is 1. The van der Waals surface area contributed by atoms with Crippen molar-refractivity contribution in [2.75, 3.05) is 14.2 Å². The van der Waals surface area contributed by atoms with Gasteiger partial charge in [0.25, 0.3) is 5.56 Å². The molecule has 0 fully saturated rings. The van der Waals surface area contributed by atoms with Gasteiger partial charge in [0, 0.05) is 18.0 Å². The van der Waals surface area contributed by atoms with Gasteiger partial charge in [0.05, 0.1) is 14.2 Å². The SMILES string of the molecule is COc1ccc(-c2ccc(=O)n(-c3ccc(OC)cc3)c2)cc1. The molecule has 0 aliphatic rings. The Morgan fingerprint density at radius 2 is 1.22 bits per heavy atom. The molecule has 4 heteroatoms. The van der Waals surface area contributed by atoms with Gasteiger partial charge < -0.3 is 9.47 Å². The largest absolute Gasteiger partial charge is 0.497 e. The van der Waals surface area contributed by atoms with Crippen molar-refractivity contribution >= 4 is 0 Å². The first kappa shape index (κ1) is 14.9. The first-order valence-corrected chi connectivity index (χ1v) is 7.23. The van der Waals surface area contributed by atoms with E-state index in [9.17, 15) is 4.79 Å². The van der Waals surface area contributed by atoms with Crippen LogP contribution in [-0.4, -0.2) is 18.8 Å². The lowest BCUT2D eigenvalue weighted by atomic mass is 10.1. The van der Waals surface area contributed by atoms with Crippen LogP contribution in [0, 0.1) is 0 Å². The summed E-state index contributed by atoms with van der Waals surface area (Å²) in [6.07, 6.45) is 1.84. The van der Waals surface area contributed by atoms with Crippen molar-refractivity contribution in [1.29, 1.82) is 0 Å². The number of methoxy groups -OCH3 is 2. The molecule has 0 amide bonds. The molecule has 0 radical (unpaired) electrons. The molecule has 1 heterocycles. The molecule has 0 bridgehead atoms. The standard InChI is InChI=1S/C19H17NO3/c1-22-17-8-3-14(4-9-17)15-5-12-19(21)20(13-15)16-6-10-18(23-2)11-7-16/h3-13H,1-2H3. The van der Waals surface area contributed by atoms with Crippen LogP contribution < -0.4 is 15.0 Å². The summed E-state index contributed by atoms with van der Waals surface area (Å²) in [5.41, 5.74) is 2.70. The zero-order valence-corrected chi connectivity index (χ0v) is 13.0. The maximum absolute atomic E-state index is 12.2. The van der Waals surface area contributed by atoms with Crippen LogP contribution >= 0.6 is 0 Å². The van der Waals surface area contributed by atoms with Crippen LogP contribution in [0.15, 0.2) is 71.7 Å². The molecule has 0 atom stereocenters. The maximum atomic E-state index is 12.2. The van der Waals surface area contributed by atoms with Crippen LogP contribution in [0.4, 0.5) is 0 Å². The van der Waals surface area contributed by atoms with Crippen LogP contribution in [0.1, 0.15) is 0 Å². The first-order chi connectivity index (χ1) is 11.2. The summed E-state index contributed by atoms with van der Waals surface area (Å²) in [7, 11) is 3.25. The highest BCUT2D eigenvalue weighted by molar-refractivity contribution is 5.63. The summed E-state index contributed by atoms with van der Waals surface area (Å²) in [4.78, 5) is 12.2. The van der Waals surface area contributed by atoms with Crippen LogP contribution in [0.25, 0.3) is 16.8 Å². The van der Waals surface area contributed by atoms with Crippen molar-refractivity contribution in [3.8, 4) is 28.3 Å². The lowest BCUT2D eigenvalue weighted by Gasteiger charge is -2.10. The summed E-state index contributed by atoms with van der Waals surface area (Å²) < 4.78 is 11.9. The van der Waals surface area contributed by atoms with Gasteiger partial charge in [-0.3, -0.25) is 9.36 Å². The summed E-state index contributed by atoms with van der Waals surface area (Å²) in [6, 6.07) is 18.5. The fourth-order valence-corrected chi connectivity index (χ4v) is 2.39. The first-order valence-electron chi connectivity index (χ1n) is 7.23. The third-order valence-corrected chi connectivity index (χ3v) is 3.69. The quantitative estimate of drug-likeness (QED) is 0.740. The van der Waals surface area contributed by atoms with Crippen molar-refractivity contribution < 1.29 is 9.47 Å². The van der Waals surface area contributed by atoms with E-state index in [-0.39, 0.29) is 5.56 Å². The molecule has 0 N–H and O–H groups in total. The molecule has 0 unspecified atom stereocenters. The number of hydrogen-bond acceptors (Lipinski definition) is 3. The third-order valence-electron chi connectivity index (χ3n) is 3.69. The smallest absolute Gasteiger partial charge is 0.255 e. The highest BCUT2D eigenvalue weighted by Gasteiger charge is 2.04. The Morgan fingerprint density at radius 1 is 0.696 bits per heavy atom. The molecule has 2 aromatic carbocycles. The molecule has 116 valence electrons. The minimum atomic E-state index is -0.0765. The van der Waals surface area contributed by atoms with Crippen LogP contribution in [-0.2, 0) is 0 Å². The summed E-state index contributed by atoms with van der Waals surface area (Å²) >= 11 is 0. The lowest BCUT2D eigenvalue weighted by Crippen LogP contribution is -2.16. The number of benzene rings is 2. The molecule has 0 spiro atoms. The van der Waals surface area contributed by atoms with Gasteiger partial charge in [0.2, 0.25) is 0 Å². The van der Waals surface area contributed by atoms with Crippen molar-refractivity contribution in [2.45, 2.75) is 0 Å². The second-order valence-electron chi connectivity index (χ2n) is 5.05. The monoisotopic (exact) mass is 307 g/mol. The number of nitrogens with zero attached hydrogens (tertiary/aromatic N) is 1. The predicted molar refractivity (Wildman–Crippen MR) is 90.6 cm³/mol. The average molecular weight is 307 g/mol. The topological polar surface area (TPSA) is 40.5 Å². The van der Waals surface area contributed by atoms with Crippen molar-refractivity contribution in [2.24, 2.45) is 0 Å². The van der Waals surface area contributed by atoms with E-state index >= 15 is 0 Å². The van der Waals surface area contributed by atoms with Crippen LogP contribution in [0.3, 0.4) is 0 Å². The lowest BCUT2D eigenvalue weighted by molar-refractivity contribution is 0.414. The molecule has 23 heavy (non-hydrogen) atoms. The van der Waals surface area contributed by atoms with E-state index in [1.54, 1.807) is 24.9 Å². The van der Waals surface area contributed by atoms with Crippen LogP contribution in [0.5, 0.6) is 11.5 Å². The van der Waals surface area contributed by atoms with Gasteiger partial charge in [-0.25, -0.2) is 0 Å². The number of ether oxygens (including phenoxy) is 2. The van der Waals surface area contributed by atoms with E-state index in [2.05, 4.69) is 0 Å². The zero-order valence-electron chi connectivity index (χ0n) is 13.0. The molecule has 3 rings (SSSR count). The van der Waals surface area contributed by atoms with Gasteiger partial charge in [0.15, 0.2) is 0 Å². The van der Waals surface area contributed by atoms with Crippen LogP contribution in [0.2, 0.25) is 0 Å². The second kappa shape index (κ2) is 6.40. The molecule has 0 saturated carbocycles. The molecule has 1 aromatic heterocycles. The number of pyridine rings is 1. The van der Waals surface area contributed by atoms with Gasteiger partial charge in [-0.05, 0) is 53.6 Å². The van der Waals surface area contributed by atoms with Crippen molar-refractivity contribution in [1.82, 2.24) is 4.57 Å². The Morgan fingerprint density at radius 3 is 1.78 bits per heavy atom. The minimum Gasteiger partial charge on any atom is -0.497 e. The van der Waals surface area contributed by atoms with Gasteiger partial charge in [-0.2, -0.15) is 0 Å². The van der Waals surface area contributed by atoms with Gasteiger partial charge in [-0.1, -0.05) is 12.1 Å². The molecular formula is C19H17NO3. The van der Waals surface area contributed by atoms with E-state index < -0.39 is 0 Å². The Kier molecular flexibility index (Phi) is 4.15. The summed E-state index contributed by atoms with van der Waals surface area (Å²) in [5, 5.41) is 0. The third kappa shape index (κ3) is 3.11. The van der Waals surface area contributed by atoms with Gasteiger partial charge >= 0.3 is 0 Å². The fourth-order valence-electron chi connectivity index (χ4n) is 2.39. The Balaban J connectivity index is 2.02. The molecule has 0 aliphatic carbocycles. The second-order valence-corrected chi connectivity index (χ2v) is 5.05. The molecular weight excluding hydrogens is 290 g/mol. The van der Waals surface area contributed by atoms with Gasteiger partial charge in [-0.15, -0.1) is 0 Å². The molecule has 0 aliphatic heterocycles. The van der Waals surface area contributed by atoms with E-state index in [0.717, 1.165) is 28.3 Å². The van der Waals surface area contributed by atoms with Gasteiger partial charge in [0.1, 0.15) is 11.5 Å². The minimum absolute atomic E-state index is 0.0765. The number of rotatable bonds is 4. The fraction of sp³-hybridized carbons (Fsp3) is 0.105. The van der Waals surface area contributed by atoms with E-state index in [4.69, 9.17) is 9.47 Å². The highest BCUT2D eigenvalue weighted by Crippen LogP contribution is 2.22.